The zero-order valence-electron chi connectivity index (χ0n) is 17.4. The summed E-state index contributed by atoms with van der Waals surface area (Å²) in [7, 11) is 0. The summed E-state index contributed by atoms with van der Waals surface area (Å²) in [4.78, 5) is 15.1. The van der Waals surface area contributed by atoms with E-state index in [1.165, 1.54) is 38.5 Å². The number of unbranched alkanes of at least 4 members (excludes halogenated alkanes) is 8. The largest absolute Gasteiger partial charge is 0.504 e. The highest BCUT2D eigenvalue weighted by Crippen LogP contribution is 2.32. The lowest BCUT2D eigenvalue weighted by molar-refractivity contribution is 0.286. The molecule has 0 aliphatic rings. The third-order valence-electron chi connectivity index (χ3n) is 4.93. The van der Waals surface area contributed by atoms with E-state index in [0.717, 1.165) is 25.7 Å². The number of ether oxygens (including phenoxy) is 2. The molecule has 0 amide bonds. The van der Waals surface area contributed by atoms with Gasteiger partial charge in [0.1, 0.15) is 5.75 Å². The van der Waals surface area contributed by atoms with E-state index in [2.05, 4.69) is 18.8 Å². The normalized spacial score (nSPS) is 11.1. The Kier molecular flexibility index (Phi) is 9.73. The summed E-state index contributed by atoms with van der Waals surface area (Å²) in [6, 6.07) is 5.34. The maximum absolute atomic E-state index is 12.3. The molecule has 5 nitrogen and oxygen atoms in total. The highest BCUT2D eigenvalue weighted by molar-refractivity contribution is 5.87. The fraction of sp³-hybridized carbons (Fsp3) is 0.609. The number of hydrogen-bond acceptors (Lipinski definition) is 4. The van der Waals surface area contributed by atoms with E-state index in [-0.39, 0.29) is 11.5 Å². The Morgan fingerprint density at radius 1 is 0.857 bits per heavy atom. The number of rotatable bonds is 14. The highest BCUT2D eigenvalue weighted by Gasteiger charge is 2.14. The van der Waals surface area contributed by atoms with Crippen molar-refractivity contribution >= 4 is 10.9 Å². The van der Waals surface area contributed by atoms with Gasteiger partial charge in [0.15, 0.2) is 5.75 Å². The van der Waals surface area contributed by atoms with Crippen molar-refractivity contribution < 1.29 is 14.6 Å². The van der Waals surface area contributed by atoms with Gasteiger partial charge in [-0.3, -0.25) is 4.79 Å². The molecule has 0 aliphatic carbocycles. The number of aromatic hydroxyl groups is 1. The molecule has 0 aliphatic heterocycles. The van der Waals surface area contributed by atoms with Crippen molar-refractivity contribution in [2.24, 2.45) is 0 Å². The zero-order chi connectivity index (χ0) is 20.2. The topological polar surface area (TPSA) is 71.5 Å². The molecule has 0 saturated carbocycles. The molecular formula is C23H35NO4. The van der Waals surface area contributed by atoms with Crippen LogP contribution in [0.4, 0.5) is 0 Å². The summed E-state index contributed by atoms with van der Waals surface area (Å²) < 4.78 is 11.3. The van der Waals surface area contributed by atoms with Crippen LogP contribution < -0.4 is 15.0 Å². The molecule has 0 unspecified atom stereocenters. The second-order valence-electron chi connectivity index (χ2n) is 7.36. The molecule has 0 bridgehead atoms. The van der Waals surface area contributed by atoms with E-state index in [1.807, 2.05) is 6.07 Å². The summed E-state index contributed by atoms with van der Waals surface area (Å²) in [6.45, 7) is 5.47. The van der Waals surface area contributed by atoms with Gasteiger partial charge in [-0.2, -0.15) is 0 Å². The first-order valence-electron chi connectivity index (χ1n) is 10.8. The van der Waals surface area contributed by atoms with E-state index < -0.39 is 5.56 Å². The Bertz CT molecular complexity index is 769. The van der Waals surface area contributed by atoms with Gasteiger partial charge in [-0.25, -0.2) is 0 Å². The summed E-state index contributed by atoms with van der Waals surface area (Å²) in [5, 5.41) is 11.0. The molecule has 0 fully saturated rings. The SMILES string of the molecule is CCCCCCCCOc1c(O)c2ccc(OCCCCCC)cc2[nH]c1=O. The Morgan fingerprint density at radius 3 is 2.18 bits per heavy atom. The molecule has 2 aromatic rings. The number of pyridine rings is 1. The third-order valence-corrected chi connectivity index (χ3v) is 4.93. The second-order valence-corrected chi connectivity index (χ2v) is 7.36. The lowest BCUT2D eigenvalue weighted by atomic mass is 10.1. The van der Waals surface area contributed by atoms with Gasteiger partial charge in [0.25, 0.3) is 5.56 Å². The molecule has 1 heterocycles. The number of aromatic amines is 1. The lowest BCUT2D eigenvalue weighted by Gasteiger charge is -2.11. The molecule has 0 radical (unpaired) electrons. The molecule has 5 heteroatoms. The fourth-order valence-corrected chi connectivity index (χ4v) is 3.24. The Balaban J connectivity index is 1.94. The van der Waals surface area contributed by atoms with Crippen LogP contribution in [0, 0.1) is 0 Å². The van der Waals surface area contributed by atoms with Crippen LogP contribution in [0.15, 0.2) is 23.0 Å². The molecule has 1 aromatic heterocycles. The van der Waals surface area contributed by atoms with Crippen LogP contribution in [0.2, 0.25) is 0 Å². The molecule has 2 N–H and O–H groups in total. The monoisotopic (exact) mass is 389 g/mol. The van der Waals surface area contributed by atoms with Gasteiger partial charge in [-0.1, -0.05) is 65.2 Å². The highest BCUT2D eigenvalue weighted by atomic mass is 16.5. The summed E-state index contributed by atoms with van der Waals surface area (Å²) in [5.74, 6) is 0.605. The van der Waals surface area contributed by atoms with E-state index in [1.54, 1.807) is 12.1 Å². The van der Waals surface area contributed by atoms with Gasteiger partial charge in [0.2, 0.25) is 5.75 Å². The molecule has 2 rings (SSSR count). The van der Waals surface area contributed by atoms with Crippen LogP contribution >= 0.6 is 0 Å². The van der Waals surface area contributed by atoms with Crippen LogP contribution in [0.5, 0.6) is 17.2 Å². The van der Waals surface area contributed by atoms with Gasteiger partial charge >= 0.3 is 0 Å². The first-order chi connectivity index (χ1) is 13.7. The minimum atomic E-state index is -0.406. The summed E-state index contributed by atoms with van der Waals surface area (Å²) in [6.07, 6.45) is 11.4. The van der Waals surface area contributed by atoms with Crippen molar-refractivity contribution in [2.45, 2.75) is 78.1 Å². The fourth-order valence-electron chi connectivity index (χ4n) is 3.24. The second kappa shape index (κ2) is 12.3. The van der Waals surface area contributed by atoms with Crippen molar-refractivity contribution in [3.63, 3.8) is 0 Å². The van der Waals surface area contributed by atoms with E-state index in [4.69, 9.17) is 9.47 Å². The molecular weight excluding hydrogens is 354 g/mol. The van der Waals surface area contributed by atoms with Gasteiger partial charge in [-0.15, -0.1) is 0 Å². The van der Waals surface area contributed by atoms with Crippen molar-refractivity contribution in [1.29, 1.82) is 0 Å². The average Bonchev–Trinajstić information content (AvgIpc) is 2.69. The number of fused-ring (bicyclic) bond motifs is 1. The van der Waals surface area contributed by atoms with Crippen molar-refractivity contribution in [3.8, 4) is 17.2 Å². The Hall–Kier alpha value is -2.17. The lowest BCUT2D eigenvalue weighted by Crippen LogP contribution is -2.12. The Labute approximate surface area is 168 Å². The quantitative estimate of drug-likeness (QED) is 0.393. The van der Waals surface area contributed by atoms with Crippen molar-refractivity contribution in [3.05, 3.63) is 28.6 Å². The molecule has 156 valence electrons. The molecule has 1 aromatic carbocycles. The van der Waals surface area contributed by atoms with Crippen LogP contribution in [-0.4, -0.2) is 23.3 Å². The van der Waals surface area contributed by atoms with Crippen LogP contribution in [-0.2, 0) is 0 Å². The molecule has 0 spiro atoms. The van der Waals surface area contributed by atoms with Gasteiger partial charge in [0, 0.05) is 11.5 Å². The maximum Gasteiger partial charge on any atom is 0.294 e. The van der Waals surface area contributed by atoms with Crippen molar-refractivity contribution in [1.82, 2.24) is 4.98 Å². The molecule has 0 saturated heterocycles. The predicted octanol–water partition coefficient (Wildman–Crippen LogP) is 5.93. The number of aromatic nitrogens is 1. The van der Waals surface area contributed by atoms with Crippen molar-refractivity contribution in [2.75, 3.05) is 13.2 Å². The van der Waals surface area contributed by atoms with Crippen LogP contribution in [0.3, 0.4) is 0 Å². The molecule has 28 heavy (non-hydrogen) atoms. The van der Waals surface area contributed by atoms with Gasteiger partial charge in [-0.05, 0) is 25.0 Å². The number of benzene rings is 1. The minimum absolute atomic E-state index is 0.00860. The minimum Gasteiger partial charge on any atom is -0.504 e. The number of H-pyrrole nitrogens is 1. The third kappa shape index (κ3) is 6.77. The van der Waals surface area contributed by atoms with Gasteiger partial charge < -0.3 is 19.6 Å². The number of hydrogen-bond donors (Lipinski definition) is 2. The number of nitrogens with one attached hydrogen (secondary N) is 1. The van der Waals surface area contributed by atoms with E-state index >= 15 is 0 Å². The summed E-state index contributed by atoms with van der Waals surface area (Å²) in [5.41, 5.74) is 0.150. The van der Waals surface area contributed by atoms with E-state index in [0.29, 0.717) is 29.9 Å². The van der Waals surface area contributed by atoms with Gasteiger partial charge in [0.05, 0.1) is 18.7 Å². The first-order valence-corrected chi connectivity index (χ1v) is 10.8. The predicted molar refractivity (Wildman–Crippen MR) is 115 cm³/mol. The standard InChI is InChI=1S/C23H35NO4/c1-3-5-7-9-10-12-16-28-22-21(25)19-14-13-18(17-20(19)24-23(22)26)27-15-11-8-6-4-2/h13-14,17H,3-12,15-16H2,1-2H3,(H2,24,25,26). The Morgan fingerprint density at radius 2 is 1.46 bits per heavy atom. The first kappa shape index (κ1) is 22.1. The van der Waals surface area contributed by atoms with Crippen LogP contribution in [0.25, 0.3) is 10.9 Å². The zero-order valence-corrected chi connectivity index (χ0v) is 17.4. The van der Waals surface area contributed by atoms with Crippen LogP contribution in [0.1, 0.15) is 78.1 Å². The maximum atomic E-state index is 12.3. The molecule has 0 atom stereocenters. The average molecular weight is 390 g/mol. The summed E-state index contributed by atoms with van der Waals surface area (Å²) >= 11 is 0. The smallest absolute Gasteiger partial charge is 0.294 e. The van der Waals surface area contributed by atoms with E-state index in [9.17, 15) is 9.90 Å².